The molecule has 88 valence electrons. The molecule has 7 heteroatoms. The van der Waals surface area contributed by atoms with Crippen LogP contribution in [0.5, 0.6) is 0 Å². The van der Waals surface area contributed by atoms with E-state index in [9.17, 15) is 17.6 Å². The van der Waals surface area contributed by atoms with Gasteiger partial charge >= 0.3 is 5.97 Å². The molecule has 0 unspecified atom stereocenters. The van der Waals surface area contributed by atoms with Gasteiger partial charge < -0.3 is 5.11 Å². The van der Waals surface area contributed by atoms with Gasteiger partial charge in [0.1, 0.15) is 17.3 Å². The molecule has 0 aromatic heterocycles. The number of carboxylic acid groups (broad SMARTS) is 1. The molecule has 0 atom stereocenters. The maximum atomic E-state index is 13.2. The molecule has 5 nitrogen and oxygen atoms in total. The van der Waals surface area contributed by atoms with Crippen LogP contribution < -0.4 is 0 Å². The summed E-state index contributed by atoms with van der Waals surface area (Å²) < 4.78 is 37.2. The number of hydrogen-bond donors (Lipinski definition) is 1. The molecule has 1 aromatic rings. The average Bonchev–Trinajstić information content (AvgIpc) is 2.16. The fourth-order valence-electron chi connectivity index (χ4n) is 1.10. The van der Waals surface area contributed by atoms with E-state index in [2.05, 4.69) is 0 Å². The van der Waals surface area contributed by atoms with Crippen LogP contribution in [-0.4, -0.2) is 37.4 Å². The van der Waals surface area contributed by atoms with Crippen molar-refractivity contribution in [2.75, 3.05) is 13.6 Å². The number of carbonyl (C=O) groups is 1. The molecule has 0 aliphatic carbocycles. The number of hydrogen-bond acceptors (Lipinski definition) is 3. The fourth-order valence-corrected chi connectivity index (χ4v) is 2.28. The second kappa shape index (κ2) is 4.58. The number of likely N-dealkylation sites (N-methyl/N-ethyl adjacent to an activating group) is 1. The summed E-state index contributed by atoms with van der Waals surface area (Å²) in [4.78, 5) is 9.84. The topological polar surface area (TPSA) is 74.7 Å². The molecular weight excluding hydrogens is 237 g/mol. The van der Waals surface area contributed by atoms with E-state index >= 15 is 0 Å². The number of benzene rings is 1. The Morgan fingerprint density at radius 1 is 1.44 bits per heavy atom. The van der Waals surface area contributed by atoms with Crippen molar-refractivity contribution in [3.63, 3.8) is 0 Å². The summed E-state index contributed by atoms with van der Waals surface area (Å²) in [6.45, 7) is -0.712. The van der Waals surface area contributed by atoms with Gasteiger partial charge in [0, 0.05) is 7.05 Å². The molecule has 16 heavy (non-hydrogen) atoms. The first kappa shape index (κ1) is 12.6. The van der Waals surface area contributed by atoms with E-state index < -0.39 is 33.3 Å². The molecule has 0 aliphatic heterocycles. The largest absolute Gasteiger partial charge is 0.480 e. The number of carboxylic acids is 1. The van der Waals surface area contributed by atoms with Gasteiger partial charge in [0.15, 0.2) is 0 Å². The Morgan fingerprint density at radius 2 is 2.00 bits per heavy atom. The summed E-state index contributed by atoms with van der Waals surface area (Å²) in [5, 5.41) is 8.46. The van der Waals surface area contributed by atoms with Crippen molar-refractivity contribution in [1.29, 1.82) is 0 Å². The minimum atomic E-state index is -4.09. The lowest BCUT2D eigenvalue weighted by Crippen LogP contribution is -2.32. The lowest BCUT2D eigenvalue weighted by atomic mass is 10.4. The lowest BCUT2D eigenvalue weighted by molar-refractivity contribution is -0.137. The second-order valence-electron chi connectivity index (χ2n) is 3.09. The first-order chi connectivity index (χ1) is 7.35. The third-order valence-corrected chi connectivity index (χ3v) is 3.72. The van der Waals surface area contributed by atoms with Crippen LogP contribution >= 0.6 is 0 Å². The van der Waals surface area contributed by atoms with Crippen LogP contribution in [0.15, 0.2) is 29.2 Å². The SMILES string of the molecule is CN(CC(=O)O)S(=O)(=O)c1ccccc1F. The van der Waals surface area contributed by atoms with Gasteiger partial charge in [-0.3, -0.25) is 4.79 Å². The van der Waals surface area contributed by atoms with E-state index in [1.54, 1.807) is 0 Å². The molecule has 1 N–H and O–H groups in total. The number of aliphatic carboxylic acids is 1. The molecule has 0 heterocycles. The molecule has 0 amide bonds. The van der Waals surface area contributed by atoms with Gasteiger partial charge in [-0.25, -0.2) is 12.8 Å². The summed E-state index contributed by atoms with van der Waals surface area (Å²) in [5.74, 6) is -2.21. The van der Waals surface area contributed by atoms with Crippen molar-refractivity contribution < 1.29 is 22.7 Å². The van der Waals surface area contributed by atoms with Crippen LogP contribution in [0.3, 0.4) is 0 Å². The Labute approximate surface area is 92.2 Å². The van der Waals surface area contributed by atoms with E-state index in [1.165, 1.54) is 12.1 Å². The monoisotopic (exact) mass is 247 g/mol. The van der Waals surface area contributed by atoms with Crippen molar-refractivity contribution in [2.24, 2.45) is 0 Å². The highest BCUT2D eigenvalue weighted by molar-refractivity contribution is 7.89. The number of rotatable bonds is 4. The number of halogens is 1. The third kappa shape index (κ3) is 2.56. The van der Waals surface area contributed by atoms with Crippen LogP contribution in [0.1, 0.15) is 0 Å². The maximum Gasteiger partial charge on any atom is 0.318 e. The highest BCUT2D eigenvalue weighted by Gasteiger charge is 2.25. The predicted octanol–water partition coefficient (Wildman–Crippen LogP) is 0.531. The number of sulfonamides is 1. The standard InChI is InChI=1S/C9H10FNO4S/c1-11(6-9(12)13)16(14,15)8-5-3-2-4-7(8)10/h2-5H,6H2,1H3,(H,12,13). The molecule has 0 bridgehead atoms. The van der Waals surface area contributed by atoms with Gasteiger partial charge in [-0.05, 0) is 12.1 Å². The molecule has 0 saturated carbocycles. The van der Waals surface area contributed by atoms with Crippen molar-refractivity contribution in [2.45, 2.75) is 4.90 Å². The smallest absolute Gasteiger partial charge is 0.318 e. The Hall–Kier alpha value is -1.47. The van der Waals surface area contributed by atoms with Gasteiger partial charge in [0.05, 0.1) is 0 Å². The van der Waals surface area contributed by atoms with Crippen molar-refractivity contribution >= 4 is 16.0 Å². The molecular formula is C9H10FNO4S. The van der Waals surface area contributed by atoms with Gasteiger partial charge in [-0.15, -0.1) is 0 Å². The normalized spacial score (nSPS) is 11.7. The Morgan fingerprint density at radius 3 is 2.50 bits per heavy atom. The second-order valence-corrected chi connectivity index (χ2v) is 5.10. The predicted molar refractivity (Wildman–Crippen MR) is 53.9 cm³/mol. The van der Waals surface area contributed by atoms with E-state index in [1.807, 2.05) is 0 Å². The van der Waals surface area contributed by atoms with E-state index in [0.29, 0.717) is 4.31 Å². The zero-order chi connectivity index (χ0) is 12.3. The van der Waals surface area contributed by atoms with Crippen molar-refractivity contribution in [1.82, 2.24) is 4.31 Å². The zero-order valence-electron chi connectivity index (χ0n) is 8.42. The molecule has 0 radical (unpaired) electrons. The van der Waals surface area contributed by atoms with E-state index in [4.69, 9.17) is 5.11 Å². The minimum Gasteiger partial charge on any atom is -0.480 e. The molecule has 0 spiro atoms. The summed E-state index contributed by atoms with van der Waals surface area (Å²) in [6.07, 6.45) is 0. The van der Waals surface area contributed by atoms with Crippen LogP contribution in [0.25, 0.3) is 0 Å². The summed E-state index contributed by atoms with van der Waals surface area (Å²) in [5.41, 5.74) is 0. The first-order valence-corrected chi connectivity index (χ1v) is 5.72. The fraction of sp³-hybridized carbons (Fsp3) is 0.222. The first-order valence-electron chi connectivity index (χ1n) is 4.28. The zero-order valence-corrected chi connectivity index (χ0v) is 9.24. The summed E-state index contributed by atoms with van der Waals surface area (Å²) in [6, 6.07) is 4.81. The van der Waals surface area contributed by atoms with E-state index in [0.717, 1.165) is 19.2 Å². The minimum absolute atomic E-state index is 0.529. The Bertz CT molecular complexity index is 500. The molecule has 1 aromatic carbocycles. The molecule has 0 saturated heterocycles. The molecule has 1 rings (SSSR count). The van der Waals surface area contributed by atoms with Gasteiger partial charge in [-0.2, -0.15) is 4.31 Å². The summed E-state index contributed by atoms with van der Waals surface area (Å²) >= 11 is 0. The molecule has 0 aliphatic rings. The van der Waals surface area contributed by atoms with E-state index in [-0.39, 0.29) is 0 Å². The van der Waals surface area contributed by atoms with Crippen molar-refractivity contribution in [3.8, 4) is 0 Å². The molecule has 0 fully saturated rings. The van der Waals surface area contributed by atoms with Crippen LogP contribution in [0.2, 0.25) is 0 Å². The third-order valence-electron chi connectivity index (χ3n) is 1.88. The average molecular weight is 247 g/mol. The maximum absolute atomic E-state index is 13.2. The highest BCUT2D eigenvalue weighted by atomic mass is 32.2. The van der Waals surface area contributed by atoms with Gasteiger partial charge in [0.25, 0.3) is 0 Å². The van der Waals surface area contributed by atoms with Gasteiger partial charge in [0.2, 0.25) is 10.0 Å². The number of nitrogens with zero attached hydrogens (tertiary/aromatic N) is 1. The van der Waals surface area contributed by atoms with Crippen LogP contribution in [0, 0.1) is 5.82 Å². The van der Waals surface area contributed by atoms with Crippen molar-refractivity contribution in [3.05, 3.63) is 30.1 Å². The van der Waals surface area contributed by atoms with Gasteiger partial charge in [-0.1, -0.05) is 12.1 Å². The Balaban J connectivity index is 3.12. The quantitative estimate of drug-likeness (QED) is 0.842. The van der Waals surface area contributed by atoms with Crippen LogP contribution in [0.4, 0.5) is 4.39 Å². The summed E-state index contributed by atoms with van der Waals surface area (Å²) in [7, 11) is -3.01. The Kier molecular flexibility index (Phi) is 3.61. The lowest BCUT2D eigenvalue weighted by Gasteiger charge is -2.14. The highest BCUT2D eigenvalue weighted by Crippen LogP contribution is 2.17. The van der Waals surface area contributed by atoms with Crippen LogP contribution in [-0.2, 0) is 14.8 Å².